The van der Waals surface area contributed by atoms with Gasteiger partial charge in [-0.05, 0) is 44.5 Å². The highest BCUT2D eigenvalue weighted by atomic mass is 35.5. The van der Waals surface area contributed by atoms with Gasteiger partial charge < -0.3 is 5.32 Å². The van der Waals surface area contributed by atoms with E-state index in [9.17, 15) is 4.79 Å². The third-order valence-corrected chi connectivity index (χ3v) is 4.11. The number of nitrogens with one attached hydrogen (secondary N) is 1. The number of fused-ring (bicyclic) bond motifs is 1. The van der Waals surface area contributed by atoms with E-state index in [0.717, 1.165) is 16.6 Å². The molecule has 0 aliphatic carbocycles. The van der Waals surface area contributed by atoms with Crippen molar-refractivity contribution < 1.29 is 4.79 Å². The van der Waals surface area contributed by atoms with Crippen molar-refractivity contribution in [1.82, 2.24) is 20.1 Å². The van der Waals surface area contributed by atoms with Crippen LogP contribution >= 0.6 is 11.6 Å². The van der Waals surface area contributed by atoms with E-state index >= 15 is 0 Å². The fraction of sp³-hybridized carbons (Fsp3) is 0.278. The summed E-state index contributed by atoms with van der Waals surface area (Å²) in [7, 11) is 0. The number of aryl methyl sites for hydroxylation is 1. The first kappa shape index (κ1) is 16.5. The number of amides is 1. The molecule has 0 aliphatic rings. The number of pyridine rings is 1. The maximum atomic E-state index is 12.5. The van der Waals surface area contributed by atoms with E-state index in [4.69, 9.17) is 11.6 Å². The number of aromatic nitrogens is 3. The van der Waals surface area contributed by atoms with Crippen molar-refractivity contribution in [2.75, 3.05) is 0 Å². The van der Waals surface area contributed by atoms with Gasteiger partial charge in [0.05, 0.1) is 17.5 Å². The first-order chi connectivity index (χ1) is 11.5. The molecule has 6 heteroatoms. The second kappa shape index (κ2) is 6.61. The Bertz CT molecular complexity index is 884. The summed E-state index contributed by atoms with van der Waals surface area (Å²) >= 11 is 5.87. The molecule has 2 heterocycles. The standard InChI is InChI=1S/C18H19ClN4O/c1-11(2)23-17-14(10-21-23)8-16(12(3)22-17)18(24)20-9-13-4-6-15(19)7-5-13/h4-8,10-11H,9H2,1-3H3,(H,20,24). The van der Waals surface area contributed by atoms with Gasteiger partial charge in [0.1, 0.15) is 0 Å². The van der Waals surface area contributed by atoms with E-state index in [1.54, 1.807) is 6.20 Å². The van der Waals surface area contributed by atoms with Crippen LogP contribution < -0.4 is 5.32 Å². The predicted octanol–water partition coefficient (Wildman–Crippen LogP) is 3.90. The maximum absolute atomic E-state index is 12.5. The highest BCUT2D eigenvalue weighted by Crippen LogP contribution is 2.19. The van der Waals surface area contributed by atoms with Gasteiger partial charge in [0.25, 0.3) is 5.91 Å². The molecule has 0 radical (unpaired) electrons. The normalized spacial score (nSPS) is 11.2. The molecule has 2 aromatic heterocycles. The summed E-state index contributed by atoms with van der Waals surface area (Å²) in [6.07, 6.45) is 1.75. The number of halogens is 1. The van der Waals surface area contributed by atoms with Crippen molar-refractivity contribution >= 4 is 28.5 Å². The molecule has 124 valence electrons. The topological polar surface area (TPSA) is 59.8 Å². The van der Waals surface area contributed by atoms with Crippen LogP contribution in [0.4, 0.5) is 0 Å². The first-order valence-corrected chi connectivity index (χ1v) is 8.21. The minimum atomic E-state index is -0.144. The van der Waals surface area contributed by atoms with E-state index in [1.807, 2.05) is 41.9 Å². The second-order valence-corrected chi connectivity index (χ2v) is 6.46. The molecule has 1 aromatic carbocycles. The van der Waals surface area contributed by atoms with Crippen LogP contribution in [0, 0.1) is 6.92 Å². The summed E-state index contributed by atoms with van der Waals surface area (Å²) in [6, 6.07) is 9.47. The Balaban J connectivity index is 1.81. The number of benzene rings is 1. The molecule has 5 nitrogen and oxygen atoms in total. The Morgan fingerprint density at radius 3 is 2.67 bits per heavy atom. The van der Waals surface area contributed by atoms with Crippen molar-refractivity contribution in [2.24, 2.45) is 0 Å². The van der Waals surface area contributed by atoms with Crippen LogP contribution in [0.1, 0.15) is 41.5 Å². The summed E-state index contributed by atoms with van der Waals surface area (Å²) in [5.74, 6) is -0.144. The SMILES string of the molecule is Cc1nc2c(cnn2C(C)C)cc1C(=O)NCc1ccc(Cl)cc1. The number of rotatable bonds is 4. The lowest BCUT2D eigenvalue weighted by Crippen LogP contribution is -2.24. The second-order valence-electron chi connectivity index (χ2n) is 6.03. The number of nitrogens with zero attached hydrogens (tertiary/aromatic N) is 3. The zero-order valence-corrected chi connectivity index (χ0v) is 14.6. The van der Waals surface area contributed by atoms with Crippen LogP contribution in [-0.4, -0.2) is 20.7 Å². The molecule has 3 rings (SSSR count). The molecule has 0 saturated heterocycles. The average molecular weight is 343 g/mol. The van der Waals surface area contributed by atoms with Gasteiger partial charge in [-0.15, -0.1) is 0 Å². The van der Waals surface area contributed by atoms with Crippen LogP contribution in [0.2, 0.25) is 5.02 Å². The van der Waals surface area contributed by atoms with Crippen LogP contribution in [-0.2, 0) is 6.54 Å². The van der Waals surface area contributed by atoms with Gasteiger partial charge in [0.15, 0.2) is 5.65 Å². The van der Waals surface area contributed by atoms with Crippen molar-refractivity contribution in [3.63, 3.8) is 0 Å². The largest absolute Gasteiger partial charge is 0.348 e. The summed E-state index contributed by atoms with van der Waals surface area (Å²) in [4.78, 5) is 17.1. The van der Waals surface area contributed by atoms with E-state index < -0.39 is 0 Å². The molecule has 0 saturated carbocycles. The Morgan fingerprint density at radius 1 is 1.29 bits per heavy atom. The summed E-state index contributed by atoms with van der Waals surface area (Å²) in [6.45, 7) is 6.39. The average Bonchev–Trinajstić information content (AvgIpc) is 2.96. The fourth-order valence-electron chi connectivity index (χ4n) is 2.55. The fourth-order valence-corrected chi connectivity index (χ4v) is 2.68. The van der Waals surface area contributed by atoms with Crippen LogP contribution in [0.25, 0.3) is 11.0 Å². The Kier molecular flexibility index (Phi) is 4.53. The monoisotopic (exact) mass is 342 g/mol. The van der Waals surface area contributed by atoms with Gasteiger partial charge in [0.2, 0.25) is 0 Å². The van der Waals surface area contributed by atoms with E-state index in [2.05, 4.69) is 29.2 Å². The van der Waals surface area contributed by atoms with E-state index in [-0.39, 0.29) is 11.9 Å². The van der Waals surface area contributed by atoms with Gasteiger partial charge in [0, 0.05) is 23.0 Å². The predicted molar refractivity (Wildman–Crippen MR) is 95.3 cm³/mol. The Labute approximate surface area is 145 Å². The third kappa shape index (κ3) is 3.26. The lowest BCUT2D eigenvalue weighted by molar-refractivity contribution is 0.0950. The number of carbonyl (C=O) groups excluding carboxylic acids is 1. The van der Waals surface area contributed by atoms with E-state index in [0.29, 0.717) is 22.8 Å². The lowest BCUT2D eigenvalue weighted by atomic mass is 10.1. The minimum absolute atomic E-state index is 0.144. The molecular formula is C18H19ClN4O. The molecule has 3 aromatic rings. The molecule has 0 spiro atoms. The first-order valence-electron chi connectivity index (χ1n) is 7.83. The third-order valence-electron chi connectivity index (χ3n) is 3.86. The molecular weight excluding hydrogens is 324 g/mol. The molecule has 1 amide bonds. The van der Waals surface area contributed by atoms with Gasteiger partial charge in [-0.25, -0.2) is 9.67 Å². The smallest absolute Gasteiger partial charge is 0.253 e. The van der Waals surface area contributed by atoms with Gasteiger partial charge >= 0.3 is 0 Å². The van der Waals surface area contributed by atoms with Crippen LogP contribution in [0.3, 0.4) is 0 Å². The highest BCUT2D eigenvalue weighted by molar-refractivity contribution is 6.30. The lowest BCUT2D eigenvalue weighted by Gasteiger charge is -2.10. The molecule has 1 N–H and O–H groups in total. The Hall–Kier alpha value is -2.40. The number of hydrogen-bond donors (Lipinski definition) is 1. The quantitative estimate of drug-likeness (QED) is 0.782. The molecule has 0 bridgehead atoms. The highest BCUT2D eigenvalue weighted by Gasteiger charge is 2.15. The van der Waals surface area contributed by atoms with Gasteiger partial charge in [-0.1, -0.05) is 23.7 Å². The maximum Gasteiger partial charge on any atom is 0.253 e. The van der Waals surface area contributed by atoms with Gasteiger partial charge in [-0.3, -0.25) is 4.79 Å². The number of carbonyl (C=O) groups is 1. The zero-order valence-electron chi connectivity index (χ0n) is 13.9. The van der Waals surface area contributed by atoms with E-state index in [1.165, 1.54) is 0 Å². The molecule has 0 unspecified atom stereocenters. The molecule has 0 fully saturated rings. The van der Waals surface area contributed by atoms with Crippen molar-refractivity contribution in [1.29, 1.82) is 0 Å². The number of hydrogen-bond acceptors (Lipinski definition) is 3. The van der Waals surface area contributed by atoms with Gasteiger partial charge in [-0.2, -0.15) is 5.10 Å². The van der Waals surface area contributed by atoms with Crippen LogP contribution in [0.5, 0.6) is 0 Å². The molecule has 0 atom stereocenters. The van der Waals surface area contributed by atoms with Crippen LogP contribution in [0.15, 0.2) is 36.5 Å². The van der Waals surface area contributed by atoms with Crippen molar-refractivity contribution in [3.8, 4) is 0 Å². The van der Waals surface area contributed by atoms with Crippen molar-refractivity contribution in [3.05, 3.63) is 58.4 Å². The Morgan fingerprint density at radius 2 is 2.00 bits per heavy atom. The minimum Gasteiger partial charge on any atom is -0.348 e. The molecule has 24 heavy (non-hydrogen) atoms. The van der Waals surface area contributed by atoms with Crippen molar-refractivity contribution in [2.45, 2.75) is 33.4 Å². The summed E-state index contributed by atoms with van der Waals surface area (Å²) in [5, 5.41) is 8.81. The molecule has 0 aliphatic heterocycles. The summed E-state index contributed by atoms with van der Waals surface area (Å²) < 4.78 is 1.86. The zero-order chi connectivity index (χ0) is 17.3. The summed E-state index contributed by atoms with van der Waals surface area (Å²) in [5.41, 5.74) is 3.06.